The standard InChI is InChI=1S/C22H32INO5Si/c1-14(29-30(5,6)22(2,3)4)18-16(24-20(18)26)12-17(25)19(23)21(27)28-13-15-10-8-7-9-11-15/h7-11,14,16,18-19H,12-13H2,1-6H3,(H,24,26)/t14-,16-,18-,19?/m1/s1. The molecule has 6 nitrogen and oxygen atoms in total. The molecule has 30 heavy (non-hydrogen) atoms. The molecule has 0 radical (unpaired) electrons. The first-order valence-corrected chi connectivity index (χ1v) is 14.3. The molecular formula is C22H32INO5Si. The number of Topliss-reactive ketones (excluding diaryl/α,β-unsaturated/α-hetero) is 1. The Bertz CT molecular complexity index is 777. The van der Waals surface area contributed by atoms with Crippen LogP contribution >= 0.6 is 22.6 Å². The molecule has 166 valence electrons. The summed E-state index contributed by atoms with van der Waals surface area (Å²) in [5.74, 6) is -1.29. The van der Waals surface area contributed by atoms with Gasteiger partial charge in [-0.2, -0.15) is 0 Å². The van der Waals surface area contributed by atoms with Crippen LogP contribution in [0.15, 0.2) is 30.3 Å². The summed E-state index contributed by atoms with van der Waals surface area (Å²) >= 11 is 1.81. The highest BCUT2D eigenvalue weighted by molar-refractivity contribution is 14.1. The number of esters is 1. The van der Waals surface area contributed by atoms with Crippen LogP contribution in [-0.2, 0) is 30.2 Å². The van der Waals surface area contributed by atoms with Crippen LogP contribution in [-0.4, -0.2) is 42.0 Å². The fourth-order valence-corrected chi connectivity index (χ4v) is 5.01. The number of ketones is 1. The Kier molecular flexibility index (Phi) is 8.26. The molecular weight excluding hydrogens is 513 g/mol. The number of carbonyl (C=O) groups excluding carboxylic acids is 3. The zero-order valence-corrected chi connectivity index (χ0v) is 21.7. The van der Waals surface area contributed by atoms with Crippen LogP contribution in [0.4, 0.5) is 0 Å². The first-order valence-electron chi connectivity index (χ1n) is 10.2. The number of halogens is 1. The van der Waals surface area contributed by atoms with Crippen molar-refractivity contribution in [3.05, 3.63) is 35.9 Å². The first-order chi connectivity index (χ1) is 13.8. The molecule has 1 aliphatic heterocycles. The van der Waals surface area contributed by atoms with E-state index in [0.29, 0.717) is 0 Å². The smallest absolute Gasteiger partial charge is 0.326 e. The third-order valence-electron chi connectivity index (χ3n) is 5.99. The molecule has 1 fully saturated rings. The molecule has 8 heteroatoms. The van der Waals surface area contributed by atoms with Gasteiger partial charge in [0.25, 0.3) is 0 Å². The van der Waals surface area contributed by atoms with Gasteiger partial charge in [0.15, 0.2) is 18.0 Å². The summed E-state index contributed by atoms with van der Waals surface area (Å²) in [5.41, 5.74) is 0.866. The molecule has 1 saturated heterocycles. The number of hydrogen-bond donors (Lipinski definition) is 1. The number of ether oxygens (including phenoxy) is 1. The number of amides is 1. The van der Waals surface area contributed by atoms with Crippen molar-refractivity contribution in [3.8, 4) is 0 Å². The quantitative estimate of drug-likeness (QED) is 0.127. The van der Waals surface area contributed by atoms with Crippen molar-refractivity contribution in [2.75, 3.05) is 0 Å². The van der Waals surface area contributed by atoms with E-state index >= 15 is 0 Å². The average molecular weight is 545 g/mol. The van der Waals surface area contributed by atoms with Crippen molar-refractivity contribution in [2.24, 2.45) is 5.92 Å². The number of benzene rings is 1. The number of alkyl halides is 1. The molecule has 0 aromatic heterocycles. The third-order valence-corrected chi connectivity index (χ3v) is 11.8. The molecule has 1 amide bonds. The van der Waals surface area contributed by atoms with Gasteiger partial charge in [-0.05, 0) is 30.6 Å². The Morgan fingerprint density at radius 2 is 1.80 bits per heavy atom. The lowest BCUT2D eigenvalue weighted by molar-refractivity contribution is -0.146. The minimum Gasteiger partial charge on any atom is -0.460 e. The van der Waals surface area contributed by atoms with E-state index in [0.717, 1.165) is 5.56 Å². The van der Waals surface area contributed by atoms with E-state index in [9.17, 15) is 14.4 Å². The predicted octanol–water partition coefficient (Wildman–Crippen LogP) is 4.02. The summed E-state index contributed by atoms with van der Waals surface area (Å²) in [6, 6.07) is 9.01. The maximum absolute atomic E-state index is 12.6. The molecule has 2 rings (SSSR count). The van der Waals surface area contributed by atoms with Crippen molar-refractivity contribution in [1.29, 1.82) is 0 Å². The summed E-state index contributed by atoms with van der Waals surface area (Å²) in [7, 11) is -2.04. The van der Waals surface area contributed by atoms with E-state index in [-0.39, 0.29) is 47.8 Å². The zero-order chi connectivity index (χ0) is 22.7. The monoisotopic (exact) mass is 545 g/mol. The highest BCUT2D eigenvalue weighted by Crippen LogP contribution is 2.39. The van der Waals surface area contributed by atoms with Gasteiger partial charge in [-0.25, -0.2) is 0 Å². The van der Waals surface area contributed by atoms with Crippen LogP contribution in [0, 0.1) is 5.92 Å². The van der Waals surface area contributed by atoms with Crippen LogP contribution in [0.25, 0.3) is 0 Å². The van der Waals surface area contributed by atoms with Crippen LogP contribution in [0.2, 0.25) is 18.1 Å². The summed E-state index contributed by atoms with van der Waals surface area (Å²) in [6.07, 6.45) is -0.189. The van der Waals surface area contributed by atoms with Gasteiger partial charge >= 0.3 is 5.97 Å². The Balaban J connectivity index is 1.90. The highest BCUT2D eigenvalue weighted by atomic mass is 127. The first kappa shape index (κ1) is 25.0. The summed E-state index contributed by atoms with van der Waals surface area (Å²) in [4.78, 5) is 37.1. The van der Waals surface area contributed by atoms with E-state index in [1.54, 1.807) is 0 Å². The summed E-state index contributed by atoms with van der Waals surface area (Å²) in [6.45, 7) is 12.8. The molecule has 1 aromatic carbocycles. The molecule has 4 atom stereocenters. The maximum atomic E-state index is 12.6. The molecule has 1 aliphatic rings. The fraction of sp³-hybridized carbons (Fsp3) is 0.591. The van der Waals surface area contributed by atoms with Crippen LogP contribution in [0.5, 0.6) is 0 Å². The van der Waals surface area contributed by atoms with E-state index in [2.05, 4.69) is 39.2 Å². The molecule has 0 spiro atoms. The SMILES string of the molecule is C[C@@H](O[Si](C)(C)C(C)(C)C)[C@H]1C(=O)N[C@@H]1CC(=O)C(I)C(=O)OCc1ccccc1. The Morgan fingerprint density at radius 1 is 1.20 bits per heavy atom. The van der Waals surface area contributed by atoms with Crippen molar-refractivity contribution in [2.45, 2.75) is 74.9 Å². The minimum atomic E-state index is -2.04. The van der Waals surface area contributed by atoms with Gasteiger partial charge in [-0.1, -0.05) is 73.7 Å². The van der Waals surface area contributed by atoms with E-state index in [4.69, 9.17) is 9.16 Å². The van der Waals surface area contributed by atoms with Crippen molar-refractivity contribution in [1.82, 2.24) is 5.32 Å². The molecule has 1 aromatic rings. The summed E-state index contributed by atoms with van der Waals surface area (Å²) in [5, 5.41) is 2.83. The molecule has 1 N–H and O–H groups in total. The predicted molar refractivity (Wildman–Crippen MR) is 127 cm³/mol. The average Bonchev–Trinajstić information content (AvgIpc) is 2.64. The molecule has 1 unspecified atom stereocenters. The molecule has 1 heterocycles. The lowest BCUT2D eigenvalue weighted by atomic mass is 9.83. The van der Waals surface area contributed by atoms with Crippen molar-refractivity contribution < 1.29 is 23.5 Å². The van der Waals surface area contributed by atoms with Gasteiger partial charge in [0.2, 0.25) is 5.91 Å². The largest absolute Gasteiger partial charge is 0.460 e. The number of nitrogens with one attached hydrogen (secondary N) is 1. The molecule has 0 bridgehead atoms. The minimum absolute atomic E-state index is 0.0304. The van der Waals surface area contributed by atoms with Crippen LogP contribution in [0.1, 0.15) is 39.7 Å². The second-order valence-electron chi connectivity index (χ2n) is 9.35. The molecule has 0 saturated carbocycles. The van der Waals surface area contributed by atoms with E-state index < -0.39 is 18.2 Å². The van der Waals surface area contributed by atoms with Gasteiger partial charge in [0, 0.05) is 12.5 Å². The van der Waals surface area contributed by atoms with Crippen LogP contribution in [0.3, 0.4) is 0 Å². The second kappa shape index (κ2) is 9.91. The summed E-state index contributed by atoms with van der Waals surface area (Å²) < 4.78 is 10.7. The Hall–Kier alpha value is -1.26. The maximum Gasteiger partial charge on any atom is 0.326 e. The number of carbonyl (C=O) groups is 3. The second-order valence-corrected chi connectivity index (χ2v) is 15.4. The topological polar surface area (TPSA) is 81.7 Å². The highest BCUT2D eigenvalue weighted by Gasteiger charge is 2.48. The van der Waals surface area contributed by atoms with Crippen molar-refractivity contribution in [3.63, 3.8) is 0 Å². The zero-order valence-electron chi connectivity index (χ0n) is 18.5. The number of β-lactam (4-membered cyclic amide) rings is 1. The Labute approximate surface area is 193 Å². The third kappa shape index (κ3) is 6.13. The number of rotatable bonds is 9. The van der Waals surface area contributed by atoms with Gasteiger partial charge in [0.1, 0.15) is 6.61 Å². The Morgan fingerprint density at radius 3 is 2.33 bits per heavy atom. The normalized spacial score (nSPS) is 21.2. The van der Waals surface area contributed by atoms with E-state index in [1.165, 1.54) is 0 Å². The lowest BCUT2D eigenvalue weighted by Crippen LogP contribution is -2.64. The van der Waals surface area contributed by atoms with Gasteiger partial charge in [-0.3, -0.25) is 14.4 Å². The van der Waals surface area contributed by atoms with E-state index in [1.807, 2.05) is 59.8 Å². The van der Waals surface area contributed by atoms with Gasteiger partial charge in [-0.15, -0.1) is 0 Å². The van der Waals surface area contributed by atoms with Crippen LogP contribution < -0.4 is 5.32 Å². The van der Waals surface area contributed by atoms with Gasteiger partial charge in [0.05, 0.1) is 12.0 Å². The van der Waals surface area contributed by atoms with Crippen molar-refractivity contribution >= 4 is 48.6 Å². The lowest BCUT2D eigenvalue weighted by Gasteiger charge is -2.45. The van der Waals surface area contributed by atoms with Gasteiger partial charge < -0.3 is 14.5 Å². The molecule has 0 aliphatic carbocycles. The number of hydrogen-bond acceptors (Lipinski definition) is 5. The fourth-order valence-electron chi connectivity index (χ4n) is 3.14.